The van der Waals surface area contributed by atoms with Crippen LogP contribution in [0.3, 0.4) is 0 Å². The average Bonchev–Trinajstić information content (AvgIpc) is 2.35. The highest BCUT2D eigenvalue weighted by Crippen LogP contribution is 2.30. The first-order chi connectivity index (χ1) is 8.97. The third-order valence-corrected chi connectivity index (χ3v) is 3.49. The van der Waals surface area contributed by atoms with Gasteiger partial charge in [-0.2, -0.15) is 11.8 Å². The Morgan fingerprint density at radius 1 is 1.47 bits per heavy atom. The van der Waals surface area contributed by atoms with Crippen LogP contribution in [0.15, 0.2) is 12.1 Å². The lowest BCUT2D eigenvalue weighted by Crippen LogP contribution is -2.18. The predicted molar refractivity (Wildman–Crippen MR) is 73.7 cm³/mol. The van der Waals surface area contributed by atoms with E-state index in [2.05, 4.69) is 5.32 Å². The Bertz CT molecular complexity index is 458. The quantitative estimate of drug-likeness (QED) is 0.471. The Labute approximate surface area is 114 Å². The van der Waals surface area contributed by atoms with E-state index in [1.165, 1.54) is 0 Å². The number of anilines is 1. The van der Waals surface area contributed by atoms with Gasteiger partial charge < -0.3 is 5.32 Å². The van der Waals surface area contributed by atoms with Crippen LogP contribution in [0.25, 0.3) is 0 Å². The molecule has 0 saturated heterocycles. The molecule has 19 heavy (non-hydrogen) atoms. The molecule has 0 amide bonds. The first-order valence-electron chi connectivity index (χ1n) is 5.94. The average molecular weight is 290 g/mol. The summed E-state index contributed by atoms with van der Waals surface area (Å²) in [7, 11) is 0. The van der Waals surface area contributed by atoms with Gasteiger partial charge in [-0.05, 0) is 30.9 Å². The molecule has 106 valence electrons. The van der Waals surface area contributed by atoms with Crippen LogP contribution in [0.2, 0.25) is 0 Å². The van der Waals surface area contributed by atoms with Crippen molar-refractivity contribution in [2.24, 2.45) is 0 Å². The lowest BCUT2D eigenvalue weighted by Gasteiger charge is -2.15. The minimum Gasteiger partial charge on any atom is -0.375 e. The number of thioether (sulfide) groups is 1. The fraction of sp³-hybridized carbons (Fsp3) is 0.500. The summed E-state index contributed by atoms with van der Waals surface area (Å²) in [5.74, 6) is -0.469. The number of hydrogen-bond acceptors (Lipinski definition) is 4. The molecule has 0 radical (unpaired) electrons. The molecule has 4 nitrogen and oxygen atoms in total. The van der Waals surface area contributed by atoms with Crippen LogP contribution in [-0.2, 0) is 0 Å². The lowest BCUT2D eigenvalue weighted by atomic mass is 10.2. The fourth-order valence-electron chi connectivity index (χ4n) is 1.55. The smallest absolute Gasteiger partial charge is 0.295 e. The van der Waals surface area contributed by atoms with Crippen LogP contribution in [0.5, 0.6) is 0 Å². The zero-order valence-electron chi connectivity index (χ0n) is 10.8. The molecule has 0 spiro atoms. The molecule has 0 saturated carbocycles. The highest BCUT2D eigenvalue weighted by Gasteiger charge is 2.22. The molecule has 0 bridgehead atoms. The molecule has 1 aromatic carbocycles. The highest BCUT2D eigenvalue weighted by molar-refractivity contribution is 7.99. The maximum atomic E-state index is 13.6. The maximum absolute atomic E-state index is 13.6. The lowest BCUT2D eigenvalue weighted by molar-refractivity contribution is -0.384. The van der Waals surface area contributed by atoms with Crippen LogP contribution in [0, 0.1) is 21.7 Å². The van der Waals surface area contributed by atoms with Crippen molar-refractivity contribution in [1.29, 1.82) is 0 Å². The number of halogens is 2. The minimum atomic E-state index is -1.20. The summed E-state index contributed by atoms with van der Waals surface area (Å²) in [6.45, 7) is 3.81. The predicted octanol–water partition coefficient (Wildman–Crippen LogP) is 3.82. The molecule has 0 aliphatic carbocycles. The Hall–Kier alpha value is -1.37. The Balaban J connectivity index is 2.86. The normalized spacial score (nSPS) is 12.2. The number of nitrogens with one attached hydrogen (secondary N) is 1. The molecular formula is C12H16F2N2O2S. The molecule has 0 fully saturated rings. The van der Waals surface area contributed by atoms with Crippen molar-refractivity contribution in [3.63, 3.8) is 0 Å². The van der Waals surface area contributed by atoms with Gasteiger partial charge in [-0.1, -0.05) is 6.92 Å². The molecule has 0 aliphatic rings. The summed E-state index contributed by atoms with van der Waals surface area (Å²) < 4.78 is 26.8. The van der Waals surface area contributed by atoms with Crippen molar-refractivity contribution in [2.45, 2.75) is 26.3 Å². The summed E-state index contributed by atoms with van der Waals surface area (Å²) >= 11 is 1.72. The first-order valence-corrected chi connectivity index (χ1v) is 7.09. The molecule has 1 unspecified atom stereocenters. The number of nitrogens with zero attached hydrogens (tertiary/aromatic N) is 1. The van der Waals surface area contributed by atoms with Gasteiger partial charge in [0.25, 0.3) is 5.69 Å². The fourth-order valence-corrected chi connectivity index (χ4v) is 2.36. The van der Waals surface area contributed by atoms with Crippen molar-refractivity contribution in [1.82, 2.24) is 0 Å². The van der Waals surface area contributed by atoms with E-state index in [4.69, 9.17) is 0 Å². The Morgan fingerprint density at radius 2 is 2.16 bits per heavy atom. The number of nitro benzene ring substituents is 1. The summed E-state index contributed by atoms with van der Waals surface area (Å²) in [6.07, 6.45) is 0.714. The standard InChI is InChI=1S/C12H16F2N2O2S/c1-3-19-7-6-8(2)15-12-10(16(17)18)5-4-9(13)11(12)14/h4-5,8,15H,3,6-7H2,1-2H3. The van der Waals surface area contributed by atoms with Gasteiger partial charge in [0, 0.05) is 12.1 Å². The largest absolute Gasteiger partial charge is 0.375 e. The molecule has 0 aromatic heterocycles. The molecule has 1 atom stereocenters. The van der Waals surface area contributed by atoms with E-state index < -0.39 is 22.2 Å². The van der Waals surface area contributed by atoms with Crippen molar-refractivity contribution in [2.75, 3.05) is 16.8 Å². The number of nitro groups is 1. The van der Waals surface area contributed by atoms with Crippen LogP contribution in [0.4, 0.5) is 20.2 Å². The van der Waals surface area contributed by atoms with Crippen molar-refractivity contribution in [3.8, 4) is 0 Å². The topological polar surface area (TPSA) is 55.2 Å². The van der Waals surface area contributed by atoms with E-state index in [1.54, 1.807) is 18.7 Å². The van der Waals surface area contributed by atoms with E-state index in [1.807, 2.05) is 6.92 Å². The molecular weight excluding hydrogens is 274 g/mol. The van der Waals surface area contributed by atoms with Gasteiger partial charge in [-0.3, -0.25) is 10.1 Å². The molecule has 0 aliphatic heterocycles. The summed E-state index contributed by atoms with van der Waals surface area (Å²) in [5.41, 5.74) is -0.826. The Morgan fingerprint density at radius 3 is 2.74 bits per heavy atom. The van der Waals surface area contributed by atoms with E-state index in [9.17, 15) is 18.9 Å². The molecule has 1 aromatic rings. The second-order valence-electron chi connectivity index (χ2n) is 4.04. The highest BCUT2D eigenvalue weighted by atomic mass is 32.2. The number of hydrogen-bond donors (Lipinski definition) is 1. The van der Waals surface area contributed by atoms with E-state index >= 15 is 0 Å². The van der Waals surface area contributed by atoms with Gasteiger partial charge in [-0.15, -0.1) is 0 Å². The van der Waals surface area contributed by atoms with Crippen LogP contribution in [-0.4, -0.2) is 22.5 Å². The molecule has 7 heteroatoms. The second kappa shape index (κ2) is 7.28. The van der Waals surface area contributed by atoms with Gasteiger partial charge in [0.1, 0.15) is 0 Å². The van der Waals surface area contributed by atoms with E-state index in [-0.39, 0.29) is 11.7 Å². The summed E-state index contributed by atoms with van der Waals surface area (Å²) in [6, 6.07) is 1.55. The van der Waals surface area contributed by atoms with Crippen LogP contribution < -0.4 is 5.32 Å². The molecule has 1 N–H and O–H groups in total. The van der Waals surface area contributed by atoms with Gasteiger partial charge in [0.2, 0.25) is 0 Å². The van der Waals surface area contributed by atoms with Gasteiger partial charge in [0.05, 0.1) is 4.92 Å². The number of rotatable bonds is 7. The SMILES string of the molecule is CCSCCC(C)Nc1c([N+](=O)[O-])ccc(F)c1F. The molecule has 1 rings (SSSR count). The summed E-state index contributed by atoms with van der Waals surface area (Å²) in [4.78, 5) is 10.1. The summed E-state index contributed by atoms with van der Waals surface area (Å²) in [5, 5.41) is 13.5. The van der Waals surface area contributed by atoms with Gasteiger partial charge in [0.15, 0.2) is 17.3 Å². The number of benzene rings is 1. The molecule has 0 heterocycles. The zero-order valence-corrected chi connectivity index (χ0v) is 11.6. The third-order valence-electron chi connectivity index (χ3n) is 2.56. The monoisotopic (exact) mass is 290 g/mol. The minimum absolute atomic E-state index is 0.172. The van der Waals surface area contributed by atoms with Crippen LogP contribution >= 0.6 is 11.8 Å². The van der Waals surface area contributed by atoms with E-state index in [0.717, 1.165) is 23.6 Å². The van der Waals surface area contributed by atoms with Gasteiger partial charge in [-0.25, -0.2) is 8.78 Å². The van der Waals surface area contributed by atoms with Crippen molar-refractivity contribution >= 4 is 23.1 Å². The Kier molecular flexibility index (Phi) is 6.01. The maximum Gasteiger partial charge on any atom is 0.295 e. The van der Waals surface area contributed by atoms with Crippen LogP contribution in [0.1, 0.15) is 20.3 Å². The third kappa shape index (κ3) is 4.34. The van der Waals surface area contributed by atoms with E-state index in [0.29, 0.717) is 6.42 Å². The van der Waals surface area contributed by atoms with Gasteiger partial charge >= 0.3 is 0 Å². The van der Waals surface area contributed by atoms with Crippen molar-refractivity contribution < 1.29 is 13.7 Å². The second-order valence-corrected chi connectivity index (χ2v) is 5.44. The first kappa shape index (κ1) is 15.7. The van der Waals surface area contributed by atoms with Crippen molar-refractivity contribution in [3.05, 3.63) is 33.9 Å². The zero-order chi connectivity index (χ0) is 14.4.